The van der Waals surface area contributed by atoms with Gasteiger partial charge in [-0.05, 0) is 35.4 Å². The number of ether oxygens (including phenoxy) is 1. The summed E-state index contributed by atoms with van der Waals surface area (Å²) < 4.78 is 28.8. The molecule has 2 aliphatic rings. The van der Waals surface area contributed by atoms with Crippen LogP contribution in [0, 0.1) is 0 Å². The molecular weight excluding hydrogens is 510 g/mol. The van der Waals surface area contributed by atoms with Crippen molar-refractivity contribution in [2.75, 3.05) is 67.7 Å². The first kappa shape index (κ1) is 26.9. The van der Waals surface area contributed by atoms with Gasteiger partial charge in [0.05, 0.1) is 30.3 Å². The summed E-state index contributed by atoms with van der Waals surface area (Å²) in [5, 5.41) is 3.66. The van der Waals surface area contributed by atoms with Crippen molar-refractivity contribution in [2.45, 2.75) is 0 Å². The van der Waals surface area contributed by atoms with Gasteiger partial charge < -0.3 is 26.4 Å². The predicted octanol–water partition coefficient (Wildman–Crippen LogP) is 2.41. The van der Waals surface area contributed by atoms with Gasteiger partial charge in [0.1, 0.15) is 10.8 Å². The molecule has 1 aromatic heterocycles. The number of thiophene rings is 1. The molecule has 37 heavy (non-hydrogen) atoms. The Morgan fingerprint density at radius 2 is 1.78 bits per heavy atom. The largest absolute Gasteiger partial charge is 0.385 e. The van der Waals surface area contributed by atoms with Crippen LogP contribution in [-0.2, 0) is 14.6 Å². The fourth-order valence-electron chi connectivity index (χ4n) is 4.18. The maximum absolute atomic E-state index is 12.1. The van der Waals surface area contributed by atoms with Gasteiger partial charge in [-0.1, -0.05) is 30.9 Å². The highest BCUT2D eigenvalue weighted by Crippen LogP contribution is 2.36. The first-order valence-corrected chi connectivity index (χ1v) is 14.7. The second kappa shape index (κ2) is 12.0. The van der Waals surface area contributed by atoms with Crippen LogP contribution >= 0.6 is 11.3 Å². The lowest BCUT2D eigenvalue weighted by atomic mass is 10.1. The van der Waals surface area contributed by atoms with Gasteiger partial charge in [0, 0.05) is 43.3 Å². The molecule has 1 aromatic carbocycles. The Morgan fingerprint density at radius 3 is 2.43 bits per heavy atom. The lowest BCUT2D eigenvalue weighted by Gasteiger charge is -2.28. The number of nitrogens with zero attached hydrogens (tertiary/aromatic N) is 2. The first-order chi connectivity index (χ1) is 17.7. The third-order valence-corrected chi connectivity index (χ3v) is 8.96. The number of hydrogen-bond donors (Lipinski definition) is 3. The number of amides is 1. The number of primary amides is 1. The van der Waals surface area contributed by atoms with Gasteiger partial charge in [0.25, 0.3) is 5.91 Å². The number of carbonyl (C=O) groups excluding carboxylic acids is 1. The van der Waals surface area contributed by atoms with Crippen LogP contribution in [0.2, 0.25) is 0 Å². The molecule has 2 aliphatic heterocycles. The van der Waals surface area contributed by atoms with Crippen LogP contribution in [0.15, 0.2) is 66.5 Å². The highest BCUT2D eigenvalue weighted by atomic mass is 32.2. The van der Waals surface area contributed by atoms with Crippen molar-refractivity contribution in [1.82, 2.24) is 4.90 Å². The second-order valence-corrected chi connectivity index (χ2v) is 12.4. The van der Waals surface area contributed by atoms with Crippen molar-refractivity contribution in [1.29, 1.82) is 0 Å². The highest BCUT2D eigenvalue weighted by Gasteiger charge is 2.22. The van der Waals surface area contributed by atoms with Crippen LogP contribution in [0.25, 0.3) is 10.4 Å². The van der Waals surface area contributed by atoms with E-state index in [1.54, 1.807) is 12.1 Å². The maximum Gasteiger partial charge on any atom is 0.251 e. The van der Waals surface area contributed by atoms with Crippen molar-refractivity contribution in [3.05, 3.63) is 72.1 Å². The van der Waals surface area contributed by atoms with E-state index in [0.717, 1.165) is 54.5 Å². The number of morpholine rings is 1. The van der Waals surface area contributed by atoms with E-state index >= 15 is 0 Å². The Morgan fingerprint density at radius 1 is 1.11 bits per heavy atom. The molecule has 2 aromatic rings. The number of nitrogens with one attached hydrogen (secondary N) is 1. The molecule has 5 N–H and O–H groups in total. The summed E-state index contributed by atoms with van der Waals surface area (Å²) in [7, 11) is -2.93. The van der Waals surface area contributed by atoms with Crippen molar-refractivity contribution >= 4 is 37.8 Å². The third kappa shape index (κ3) is 7.45. The summed E-state index contributed by atoms with van der Waals surface area (Å²) >= 11 is 1.39. The molecule has 0 radical (unpaired) electrons. The predicted molar refractivity (Wildman–Crippen MR) is 151 cm³/mol. The lowest BCUT2D eigenvalue weighted by molar-refractivity contribution is 0.0426. The fraction of sp³-hybridized carbons (Fsp3) is 0.346. The van der Waals surface area contributed by atoms with E-state index < -0.39 is 15.7 Å². The van der Waals surface area contributed by atoms with Gasteiger partial charge in [-0.15, -0.1) is 11.3 Å². The van der Waals surface area contributed by atoms with Crippen LogP contribution < -0.4 is 21.7 Å². The van der Waals surface area contributed by atoms with Gasteiger partial charge in [-0.25, -0.2) is 8.42 Å². The quantitative estimate of drug-likeness (QED) is 0.411. The van der Waals surface area contributed by atoms with E-state index in [1.165, 1.54) is 11.3 Å². The molecule has 198 valence electrons. The number of sulfone groups is 1. The van der Waals surface area contributed by atoms with E-state index in [4.69, 9.17) is 16.2 Å². The maximum atomic E-state index is 12.1. The monoisotopic (exact) mass is 543 g/mol. The van der Waals surface area contributed by atoms with E-state index in [0.29, 0.717) is 29.5 Å². The van der Waals surface area contributed by atoms with Crippen LogP contribution in [-0.4, -0.2) is 76.7 Å². The third-order valence-electron chi connectivity index (χ3n) is 6.25. The average Bonchev–Trinajstić information content (AvgIpc) is 3.29. The SMILES string of the molecule is C=C(/C=C\C=C(/N)Nc1sc(-c2ccc(N3CCS(=O)(=O)CC3)cc2)cc1C(N)=O)CN1CCOCC1. The zero-order valence-corrected chi connectivity index (χ0v) is 22.3. The molecule has 1 amide bonds. The van der Waals surface area contributed by atoms with Crippen LogP contribution in [0.1, 0.15) is 10.4 Å². The Balaban J connectivity index is 1.40. The number of anilines is 2. The zero-order chi connectivity index (χ0) is 26.4. The van der Waals surface area contributed by atoms with Crippen molar-refractivity contribution in [3.63, 3.8) is 0 Å². The minimum absolute atomic E-state index is 0.169. The summed E-state index contributed by atoms with van der Waals surface area (Å²) in [5.41, 5.74) is 15.0. The van der Waals surface area contributed by atoms with Crippen LogP contribution in [0.5, 0.6) is 0 Å². The molecule has 11 heteroatoms. The Labute approximate surface area is 222 Å². The number of rotatable bonds is 9. The second-order valence-electron chi connectivity index (χ2n) is 9.06. The van der Waals surface area contributed by atoms with Crippen molar-refractivity contribution < 1.29 is 17.9 Å². The summed E-state index contributed by atoms with van der Waals surface area (Å²) in [4.78, 5) is 17.3. The molecule has 0 aliphatic carbocycles. The summed E-state index contributed by atoms with van der Waals surface area (Å²) in [6.07, 6.45) is 5.47. The molecule has 3 heterocycles. The minimum atomic E-state index is -2.93. The average molecular weight is 544 g/mol. The number of carbonyl (C=O) groups is 1. The fourth-order valence-corrected chi connectivity index (χ4v) is 6.47. The van der Waals surface area contributed by atoms with E-state index in [1.807, 2.05) is 36.4 Å². The number of allylic oxidation sites excluding steroid dienone is 2. The van der Waals surface area contributed by atoms with Gasteiger partial charge in [0.2, 0.25) is 0 Å². The van der Waals surface area contributed by atoms with E-state index in [2.05, 4.69) is 21.7 Å². The molecule has 0 unspecified atom stereocenters. The summed E-state index contributed by atoms with van der Waals surface area (Å²) in [6.45, 7) is 9.13. The molecular formula is C26H33N5O4S2. The smallest absolute Gasteiger partial charge is 0.251 e. The van der Waals surface area contributed by atoms with Crippen LogP contribution in [0.3, 0.4) is 0 Å². The zero-order valence-electron chi connectivity index (χ0n) is 20.7. The molecule has 4 rings (SSSR count). The molecule has 0 atom stereocenters. The highest BCUT2D eigenvalue weighted by molar-refractivity contribution is 7.91. The topological polar surface area (TPSA) is 131 Å². The lowest BCUT2D eigenvalue weighted by Crippen LogP contribution is -2.40. The molecule has 9 nitrogen and oxygen atoms in total. The molecule has 2 fully saturated rings. The first-order valence-electron chi connectivity index (χ1n) is 12.1. The van der Waals surface area contributed by atoms with Gasteiger partial charge in [-0.3, -0.25) is 9.69 Å². The van der Waals surface area contributed by atoms with E-state index in [9.17, 15) is 13.2 Å². The Bertz CT molecular complexity index is 1280. The minimum Gasteiger partial charge on any atom is -0.385 e. The van der Waals surface area contributed by atoms with Gasteiger partial charge in [-0.2, -0.15) is 0 Å². The number of benzene rings is 1. The van der Waals surface area contributed by atoms with Gasteiger partial charge >= 0.3 is 0 Å². The molecule has 2 saturated heterocycles. The standard InChI is InChI=1S/C26H33N5O4S2/c1-19(18-30-9-13-35-14-10-30)3-2-4-24(27)29-26-22(25(28)32)17-23(36-26)20-5-7-21(8-6-20)31-11-15-37(33,34)16-12-31/h2-8,17,29H,1,9-16,18,27H2,(H2,28,32)/b3-2-,24-4+. The summed E-state index contributed by atoms with van der Waals surface area (Å²) in [6, 6.07) is 9.60. The Hall–Kier alpha value is -3.12. The molecule has 0 spiro atoms. The van der Waals surface area contributed by atoms with Crippen LogP contribution in [0.4, 0.5) is 10.7 Å². The Kier molecular flexibility index (Phi) is 8.70. The van der Waals surface area contributed by atoms with Crippen molar-refractivity contribution in [2.24, 2.45) is 11.5 Å². The van der Waals surface area contributed by atoms with Gasteiger partial charge in [0.15, 0.2) is 9.84 Å². The number of nitrogens with two attached hydrogens (primary N) is 2. The van der Waals surface area contributed by atoms with E-state index in [-0.39, 0.29) is 11.5 Å². The molecule has 0 bridgehead atoms. The molecule has 0 saturated carbocycles. The number of hydrogen-bond acceptors (Lipinski definition) is 9. The van der Waals surface area contributed by atoms with Crippen molar-refractivity contribution in [3.8, 4) is 10.4 Å². The normalized spacial score (nSPS) is 18.7. The summed E-state index contributed by atoms with van der Waals surface area (Å²) in [5.74, 6) is 0.172.